The number of nitrogens with one attached hydrogen (secondary N) is 2. The minimum Gasteiger partial charge on any atom is -0.481 e. The van der Waals surface area contributed by atoms with Crippen molar-refractivity contribution in [1.29, 1.82) is 0 Å². The van der Waals surface area contributed by atoms with Crippen LogP contribution in [0.25, 0.3) is 10.9 Å². The number of aliphatic carboxylic acids is 1. The van der Waals surface area contributed by atoms with Crippen molar-refractivity contribution in [3.8, 4) is 0 Å². The monoisotopic (exact) mass is 219 g/mol. The molecular weight excluding hydrogens is 210 g/mol. The lowest BCUT2D eigenvalue weighted by atomic mass is 10.2. The largest absolute Gasteiger partial charge is 0.481 e. The lowest BCUT2D eigenvalue weighted by molar-refractivity contribution is -0.139. The van der Waals surface area contributed by atoms with Gasteiger partial charge in [0.2, 0.25) is 5.91 Å². The average molecular weight is 219 g/mol. The topological polar surface area (TPSA) is 95.1 Å². The Morgan fingerprint density at radius 1 is 1.44 bits per heavy atom. The van der Waals surface area contributed by atoms with E-state index in [0.717, 1.165) is 5.39 Å². The van der Waals surface area contributed by atoms with Gasteiger partial charge in [0.05, 0.1) is 17.4 Å². The Kier molecular flexibility index (Phi) is 2.55. The summed E-state index contributed by atoms with van der Waals surface area (Å²) < 4.78 is 0. The Balaban J connectivity index is 2.24. The van der Waals surface area contributed by atoms with Crippen molar-refractivity contribution in [2.75, 3.05) is 5.32 Å². The molecule has 0 saturated carbocycles. The third-order valence-electron chi connectivity index (χ3n) is 2.06. The van der Waals surface area contributed by atoms with Crippen LogP contribution in [-0.4, -0.2) is 27.2 Å². The summed E-state index contributed by atoms with van der Waals surface area (Å²) in [5.41, 5.74) is 1.21. The van der Waals surface area contributed by atoms with Crippen LogP contribution in [0.3, 0.4) is 0 Å². The highest BCUT2D eigenvalue weighted by atomic mass is 16.4. The average Bonchev–Trinajstić information content (AvgIpc) is 2.65. The number of rotatable bonds is 3. The normalized spacial score (nSPS) is 10.2. The predicted molar refractivity (Wildman–Crippen MR) is 57.0 cm³/mol. The maximum atomic E-state index is 11.3. The molecule has 2 aromatic rings. The number of anilines is 1. The smallest absolute Gasteiger partial charge is 0.312 e. The Morgan fingerprint density at radius 2 is 2.25 bits per heavy atom. The number of carbonyl (C=O) groups excluding carboxylic acids is 1. The first kappa shape index (κ1) is 10.2. The standard InChI is InChI=1S/C10H9N3O3/c14-8(4-9(15)16)12-7-3-1-2-6-5-11-13-10(6)7/h1-3,5H,4H2,(H,11,13)(H,12,14)(H,15,16). The third-order valence-corrected chi connectivity index (χ3v) is 2.06. The van der Waals surface area contributed by atoms with Crippen molar-refractivity contribution in [2.45, 2.75) is 6.42 Å². The molecular formula is C10H9N3O3. The molecule has 0 spiro atoms. The van der Waals surface area contributed by atoms with E-state index in [1.165, 1.54) is 0 Å². The number of aromatic nitrogens is 2. The second kappa shape index (κ2) is 4.01. The molecule has 16 heavy (non-hydrogen) atoms. The first-order valence-corrected chi connectivity index (χ1v) is 4.60. The van der Waals surface area contributed by atoms with Gasteiger partial charge in [0, 0.05) is 5.39 Å². The number of H-pyrrole nitrogens is 1. The van der Waals surface area contributed by atoms with Crippen LogP contribution in [0.2, 0.25) is 0 Å². The van der Waals surface area contributed by atoms with Gasteiger partial charge in [-0.25, -0.2) is 0 Å². The molecule has 1 heterocycles. The van der Waals surface area contributed by atoms with Gasteiger partial charge in [-0.3, -0.25) is 14.7 Å². The minimum atomic E-state index is -1.16. The van der Waals surface area contributed by atoms with Gasteiger partial charge in [-0.1, -0.05) is 12.1 Å². The number of aromatic amines is 1. The molecule has 0 fully saturated rings. The highest BCUT2D eigenvalue weighted by molar-refractivity contribution is 6.05. The zero-order valence-electron chi connectivity index (χ0n) is 8.23. The number of carbonyl (C=O) groups is 2. The molecule has 0 aliphatic carbocycles. The van der Waals surface area contributed by atoms with Gasteiger partial charge in [-0.15, -0.1) is 0 Å². The van der Waals surface area contributed by atoms with E-state index < -0.39 is 18.3 Å². The second-order valence-corrected chi connectivity index (χ2v) is 3.26. The zero-order chi connectivity index (χ0) is 11.5. The van der Waals surface area contributed by atoms with E-state index in [1.54, 1.807) is 18.3 Å². The predicted octanol–water partition coefficient (Wildman–Crippen LogP) is 0.976. The molecule has 2 rings (SSSR count). The van der Waals surface area contributed by atoms with Gasteiger partial charge < -0.3 is 10.4 Å². The molecule has 6 heteroatoms. The van der Waals surface area contributed by atoms with E-state index in [0.29, 0.717) is 11.2 Å². The van der Waals surface area contributed by atoms with Gasteiger partial charge in [-0.2, -0.15) is 5.10 Å². The zero-order valence-corrected chi connectivity index (χ0v) is 8.23. The summed E-state index contributed by atoms with van der Waals surface area (Å²) in [7, 11) is 0. The number of para-hydroxylation sites is 1. The van der Waals surface area contributed by atoms with Crippen LogP contribution in [-0.2, 0) is 9.59 Å². The molecule has 0 aliphatic rings. The van der Waals surface area contributed by atoms with Gasteiger partial charge in [0.25, 0.3) is 0 Å². The fourth-order valence-electron chi connectivity index (χ4n) is 1.40. The lowest BCUT2D eigenvalue weighted by Crippen LogP contribution is -2.16. The highest BCUT2D eigenvalue weighted by Crippen LogP contribution is 2.20. The molecule has 6 nitrogen and oxygen atoms in total. The van der Waals surface area contributed by atoms with Crippen LogP contribution >= 0.6 is 0 Å². The molecule has 1 amide bonds. The van der Waals surface area contributed by atoms with Crippen LogP contribution in [0.5, 0.6) is 0 Å². The molecule has 0 unspecified atom stereocenters. The van der Waals surface area contributed by atoms with Gasteiger partial charge in [0.1, 0.15) is 6.42 Å². The van der Waals surface area contributed by atoms with Crippen molar-refractivity contribution in [2.24, 2.45) is 0 Å². The number of hydrogen-bond acceptors (Lipinski definition) is 3. The number of amides is 1. The highest BCUT2D eigenvalue weighted by Gasteiger charge is 2.10. The third kappa shape index (κ3) is 2.00. The van der Waals surface area contributed by atoms with Crippen molar-refractivity contribution >= 4 is 28.5 Å². The number of carboxylic acid groups (broad SMARTS) is 1. The second-order valence-electron chi connectivity index (χ2n) is 3.26. The van der Waals surface area contributed by atoms with E-state index in [2.05, 4.69) is 15.5 Å². The quantitative estimate of drug-likeness (QED) is 0.670. The first-order chi connectivity index (χ1) is 7.66. The molecule has 0 radical (unpaired) electrons. The van der Waals surface area contributed by atoms with Gasteiger partial charge in [0.15, 0.2) is 0 Å². The molecule has 3 N–H and O–H groups in total. The summed E-state index contributed by atoms with van der Waals surface area (Å²) in [6.45, 7) is 0. The van der Waals surface area contributed by atoms with Gasteiger partial charge in [-0.05, 0) is 6.07 Å². The number of nitrogens with zero attached hydrogens (tertiary/aromatic N) is 1. The lowest BCUT2D eigenvalue weighted by Gasteiger charge is -2.03. The molecule has 0 saturated heterocycles. The fourth-order valence-corrected chi connectivity index (χ4v) is 1.40. The number of fused-ring (bicyclic) bond motifs is 1. The minimum absolute atomic E-state index is 0.529. The van der Waals surface area contributed by atoms with E-state index >= 15 is 0 Å². The maximum Gasteiger partial charge on any atom is 0.312 e. The molecule has 1 aromatic heterocycles. The fraction of sp³-hybridized carbons (Fsp3) is 0.100. The molecule has 0 atom stereocenters. The first-order valence-electron chi connectivity index (χ1n) is 4.60. The summed E-state index contributed by atoms with van der Waals surface area (Å²) >= 11 is 0. The summed E-state index contributed by atoms with van der Waals surface area (Å²) in [5.74, 6) is -1.72. The molecule has 0 bridgehead atoms. The van der Waals surface area contributed by atoms with E-state index in [4.69, 9.17) is 5.11 Å². The van der Waals surface area contributed by atoms with Crippen molar-refractivity contribution in [1.82, 2.24) is 10.2 Å². The van der Waals surface area contributed by atoms with Crippen molar-refractivity contribution in [3.63, 3.8) is 0 Å². The molecule has 82 valence electrons. The summed E-state index contributed by atoms with van der Waals surface area (Å²) in [4.78, 5) is 21.6. The Hall–Kier alpha value is -2.37. The summed E-state index contributed by atoms with van der Waals surface area (Å²) in [6.07, 6.45) is 1.08. The maximum absolute atomic E-state index is 11.3. The molecule has 0 aliphatic heterocycles. The van der Waals surface area contributed by atoms with E-state index in [-0.39, 0.29) is 0 Å². The van der Waals surface area contributed by atoms with Crippen molar-refractivity contribution in [3.05, 3.63) is 24.4 Å². The SMILES string of the molecule is O=C(O)CC(=O)Nc1cccc2cn[nH]c12. The van der Waals surface area contributed by atoms with Crippen LogP contribution in [0.4, 0.5) is 5.69 Å². The van der Waals surface area contributed by atoms with Crippen LogP contribution in [0, 0.1) is 0 Å². The van der Waals surface area contributed by atoms with Crippen LogP contribution in [0.15, 0.2) is 24.4 Å². The summed E-state index contributed by atoms with van der Waals surface area (Å²) in [5, 5.41) is 18.4. The number of carboxylic acids is 1. The van der Waals surface area contributed by atoms with Crippen LogP contribution < -0.4 is 5.32 Å². The van der Waals surface area contributed by atoms with Crippen molar-refractivity contribution < 1.29 is 14.7 Å². The Labute approximate surface area is 90.3 Å². The number of benzene rings is 1. The Bertz CT molecular complexity index is 547. The van der Waals surface area contributed by atoms with E-state index in [1.807, 2.05) is 6.07 Å². The van der Waals surface area contributed by atoms with E-state index in [9.17, 15) is 9.59 Å². The van der Waals surface area contributed by atoms with Gasteiger partial charge >= 0.3 is 5.97 Å². The number of hydrogen-bond donors (Lipinski definition) is 3. The summed E-state index contributed by atoms with van der Waals surface area (Å²) in [6, 6.07) is 5.28. The van der Waals surface area contributed by atoms with Crippen LogP contribution in [0.1, 0.15) is 6.42 Å². The Morgan fingerprint density at radius 3 is 3.00 bits per heavy atom. The molecule has 1 aromatic carbocycles.